The molecule has 4 radical (unpaired) electrons. The molecule has 33 nitrogen and oxygen atoms in total. The number of halogens is 1. The van der Waals surface area contributed by atoms with Crippen molar-refractivity contribution >= 4 is 81.6 Å². The van der Waals surface area contributed by atoms with Crippen molar-refractivity contribution in [1.29, 1.82) is 0 Å². The van der Waals surface area contributed by atoms with E-state index in [2.05, 4.69) is 48.3 Å². The number of nitrogen functional groups attached to an aromatic ring is 1. The van der Waals surface area contributed by atoms with Crippen LogP contribution in [0, 0.1) is 176 Å². The number of nitrogens with one attached hydrogen (secondary N) is 3. The van der Waals surface area contributed by atoms with Gasteiger partial charge in [-0.2, -0.15) is 0 Å². The van der Waals surface area contributed by atoms with Crippen LogP contribution in [0.4, 0.5) is 22.7 Å². The topological polar surface area (TPSA) is 458 Å². The molecule has 5 aliphatic heterocycles. The fraction of sp³-hybridized carbons (Fsp3) is 0.271. The van der Waals surface area contributed by atoms with Gasteiger partial charge in [0.2, 0.25) is 5.24 Å². The summed E-state index contributed by atoms with van der Waals surface area (Å²) in [5.41, 5.74) is 8.47. The minimum absolute atomic E-state index is 0. The molecule has 5 aliphatic rings. The van der Waals surface area contributed by atoms with Gasteiger partial charge < -0.3 is 111 Å². The van der Waals surface area contributed by atoms with Gasteiger partial charge in [0.05, 0.1) is 97.1 Å². The maximum atomic E-state index is 11.8. The molecule has 648 valence electrons. The Labute approximate surface area is 859 Å². The molecular weight excluding hydrogens is 2480 g/mol. The summed E-state index contributed by atoms with van der Waals surface area (Å²) in [6, 6.07) is 51.5. The van der Waals surface area contributed by atoms with Gasteiger partial charge in [-0.1, -0.05) is 21.4 Å². The fourth-order valence-electron chi connectivity index (χ4n) is 10.3. The minimum Gasteiger partial charge on any atom is -0.502 e. The minimum atomic E-state index is -1.05. The first kappa shape index (κ1) is 114. The van der Waals surface area contributed by atoms with Crippen LogP contribution < -0.4 is 50.4 Å². The number of hydrogen-bond donors (Lipinski definition) is 9. The van der Waals surface area contributed by atoms with Gasteiger partial charge in [-0.25, -0.2) is 0 Å². The third-order valence-corrected chi connectivity index (χ3v) is 16.9. The Balaban J connectivity index is 0.000000696. The number of amides is 5. The number of allylic oxidation sites excluding steroid dienone is 1. The number of rotatable bonds is 19. The Bertz CT molecular complexity index is 4620. The summed E-state index contributed by atoms with van der Waals surface area (Å²) in [4.78, 5) is 82.5. The van der Waals surface area contributed by atoms with Gasteiger partial charge in [0.25, 0.3) is 29.5 Å². The number of carbonyl (C=O) groups is 7. The summed E-state index contributed by atoms with van der Waals surface area (Å²) in [5.74, 6) is 5.72. The van der Waals surface area contributed by atoms with Gasteiger partial charge in [-0.3, -0.25) is 48.4 Å². The fourth-order valence-corrected chi connectivity index (χ4v) is 10.3. The van der Waals surface area contributed by atoms with E-state index in [1.54, 1.807) is 216 Å². The zero-order valence-electron chi connectivity index (χ0n) is 67.1. The smallest absolute Gasteiger partial charge is 0.259 e. The molecule has 38 heteroatoms. The number of anilines is 3. The molecule has 16 rings (SSSR count). The maximum Gasteiger partial charge on any atom is 0.259 e. The number of hydrogen-bond acceptors (Lipinski definition) is 28. The van der Waals surface area contributed by atoms with Gasteiger partial charge in [0.1, 0.15) is 94.4 Å². The first-order valence-corrected chi connectivity index (χ1v) is 35.7. The zero-order chi connectivity index (χ0) is 85.1. The molecule has 11 aromatic rings. The SMILES string of the molecule is C.C.C=C(C)OC.COC(C)(C)OC1C(=O)N[C@H]1c1ccco1.COc1ccc(N)cc1.COc1ccc(N2C(=O)C(O)[C@@H]2c2ccco2)cc1.COc1ccc(N2C(=O)C(O)[C@@H]2c2ccco2)cc1.COc1ccc(N=Cc2ccco2)cc1.O=C(Cl)CO.O=C1N[C@@H](c2ccco2)C1O.O=C1N[C@@H](c2ccco2)[C@H]1O.O=Cc1ccco1.[Ac].[Ac].[Ac].[Ac]. The Morgan fingerprint density at radius 1 is 0.488 bits per heavy atom. The third kappa shape index (κ3) is 34.7. The van der Waals surface area contributed by atoms with E-state index >= 15 is 0 Å². The summed E-state index contributed by atoms with van der Waals surface area (Å²) in [7, 11) is 9.58. The van der Waals surface area contributed by atoms with Crippen LogP contribution >= 0.6 is 11.6 Å². The summed E-state index contributed by atoms with van der Waals surface area (Å²) in [6.45, 7) is 8.21. The van der Waals surface area contributed by atoms with Crippen LogP contribution in [0.15, 0.2) is 274 Å². The summed E-state index contributed by atoms with van der Waals surface area (Å²) in [6.07, 6.45) is 8.52. The largest absolute Gasteiger partial charge is 0.502 e. The number of aliphatic imine (C=N–C) groups is 1. The monoisotopic (exact) mass is 2580 g/mol. The number of methoxy groups -OCH3 is 6. The van der Waals surface area contributed by atoms with Crippen molar-refractivity contribution in [3.05, 3.63) is 278 Å². The van der Waals surface area contributed by atoms with Gasteiger partial charge in [0, 0.05) is 200 Å². The maximum absolute atomic E-state index is 11.8. The van der Waals surface area contributed by atoms with E-state index in [0.717, 1.165) is 34.4 Å². The van der Waals surface area contributed by atoms with Crippen LogP contribution in [0.25, 0.3) is 0 Å². The molecular formula is C85H98Ac4ClN7O26. The quantitative estimate of drug-likeness (QED) is 0.00690. The average molecular weight is 2580 g/mol. The number of aliphatic hydroxyl groups is 5. The van der Waals surface area contributed by atoms with Crippen LogP contribution in [0.2, 0.25) is 0 Å². The Hall–Kier alpha value is -7.48. The number of aliphatic hydroxyl groups excluding tert-OH is 5. The van der Waals surface area contributed by atoms with Gasteiger partial charge in [-0.05, 0) is 214 Å². The molecule has 5 saturated heterocycles. The van der Waals surface area contributed by atoms with Crippen molar-refractivity contribution in [3.8, 4) is 23.0 Å². The molecule has 12 heterocycles. The van der Waals surface area contributed by atoms with Crippen molar-refractivity contribution < 1.29 is 299 Å². The van der Waals surface area contributed by atoms with Crippen molar-refractivity contribution in [2.75, 3.05) is 64.8 Å². The molecule has 0 aliphatic carbocycles. The number of carbonyl (C=O) groups excluding carboxylic acids is 7. The van der Waals surface area contributed by atoms with Gasteiger partial charge in [0.15, 0.2) is 48.4 Å². The van der Waals surface area contributed by atoms with Crippen LogP contribution in [-0.2, 0) is 43.0 Å². The molecule has 0 saturated carbocycles. The number of aldehydes is 1. The third-order valence-electron chi connectivity index (χ3n) is 16.8. The molecule has 5 amide bonds. The van der Waals surface area contributed by atoms with E-state index in [4.69, 9.17) is 76.0 Å². The zero-order valence-corrected chi connectivity index (χ0v) is 86.9. The van der Waals surface area contributed by atoms with E-state index < -0.39 is 60.2 Å². The Morgan fingerprint density at radius 3 is 1.07 bits per heavy atom. The number of nitrogens with zero attached hydrogens (tertiary/aromatic N) is 3. The molecule has 7 aromatic heterocycles. The van der Waals surface area contributed by atoms with Crippen LogP contribution in [-0.4, -0.2) is 158 Å². The molecule has 123 heavy (non-hydrogen) atoms. The number of β-lactam (4-membered cyclic amide) rings is 5. The van der Waals surface area contributed by atoms with Gasteiger partial charge in [-0.15, -0.1) is 0 Å². The molecule has 0 bridgehead atoms. The van der Waals surface area contributed by atoms with E-state index in [1.165, 1.54) is 41.1 Å². The molecule has 5 fully saturated rings. The van der Waals surface area contributed by atoms with Crippen LogP contribution in [0.5, 0.6) is 23.0 Å². The predicted octanol–water partition coefficient (Wildman–Crippen LogP) is 11.9. The number of ether oxygens (including phenoxy) is 7. The first-order valence-electron chi connectivity index (χ1n) is 35.3. The first-order chi connectivity index (χ1) is 56.2. The van der Waals surface area contributed by atoms with Crippen molar-refractivity contribution in [1.82, 2.24) is 16.0 Å². The molecule has 10 atom stereocenters. The van der Waals surface area contributed by atoms with Crippen molar-refractivity contribution in [2.45, 2.75) is 102 Å². The number of furan rings is 7. The van der Waals surface area contributed by atoms with Crippen LogP contribution in [0.3, 0.4) is 0 Å². The molecule has 4 unspecified atom stereocenters. The molecule has 4 aromatic carbocycles. The summed E-state index contributed by atoms with van der Waals surface area (Å²) in [5, 5.41) is 52.5. The van der Waals surface area contributed by atoms with Crippen LogP contribution in [0.1, 0.15) is 111 Å². The van der Waals surface area contributed by atoms with Crippen molar-refractivity contribution in [3.63, 3.8) is 0 Å². The van der Waals surface area contributed by atoms with E-state index in [9.17, 15) is 43.8 Å². The van der Waals surface area contributed by atoms with E-state index in [1.807, 2.05) is 48.5 Å². The predicted molar refractivity (Wildman–Crippen MR) is 436 cm³/mol. The second-order valence-electron chi connectivity index (χ2n) is 25.0. The molecule has 0 spiro atoms. The van der Waals surface area contributed by atoms with E-state index in [0.29, 0.717) is 63.7 Å². The number of nitrogens with two attached hydrogens (primary N) is 1. The molecule has 10 N–H and O–H groups in total. The summed E-state index contributed by atoms with van der Waals surface area (Å²) >= 11 is 4.57. The second kappa shape index (κ2) is 58.7. The van der Waals surface area contributed by atoms with E-state index in [-0.39, 0.29) is 239 Å². The van der Waals surface area contributed by atoms with Gasteiger partial charge >= 0.3 is 0 Å². The number of benzene rings is 4. The normalized spacial score (nSPS) is 18.4. The Morgan fingerprint density at radius 2 is 0.797 bits per heavy atom. The summed E-state index contributed by atoms with van der Waals surface area (Å²) < 4.78 is 70.9. The van der Waals surface area contributed by atoms with Crippen molar-refractivity contribution in [2.24, 2.45) is 4.99 Å². The average Bonchev–Trinajstić information content (AvgIpc) is 1.73. The second-order valence-corrected chi connectivity index (χ2v) is 25.4. The Kier molecular flexibility index (Phi) is 54.2. The standard InChI is InChI=1S/2C14H13NO4.C12H11NO2.C11H15NO4.2C7H7NO3.C7H9NO.C5H4O2.C4H8O.C2H3ClO2.2CH4.4Ac/c2*1-18-10-6-4-9(5-7-10)15-12(13(16)14(15)17)11-3-2-8-19-11;1-14-11-6-4-10(5-7-11)13-9-12-3-2-8-15-12;1-11(2,14-3)16-9-8(12-10(9)13)7-5-4-6-15-7;2*9-6-5(8-7(6)10)4-2-1-3-11-4;1-9-7-4-2-6(8)3-5-7;6-4-5-2-1-3-7-5;1-4(2)5-3;3-2(5)1-4;;;;;;/h2*2-8,12-13,16H,1H3;2-9H,1H3;4-6,8-9H,1-3H3,(H,12,13);2*1-3,5-6,9H,(H,8,10);2-5H,8H2,1H3;1-4H;1H2,2-3H3;4H,1H2;2*1H4;;;;/t2*12-,13?;;8-,9?;5-,6?;5-,6+;;;;;;;;;;/m00.000........../s1.